The molecule has 0 spiro atoms. The van der Waals surface area contributed by atoms with Gasteiger partial charge in [0.1, 0.15) is 5.69 Å². The summed E-state index contributed by atoms with van der Waals surface area (Å²) >= 11 is 0. The van der Waals surface area contributed by atoms with Crippen molar-refractivity contribution in [2.75, 3.05) is 11.5 Å². The molecule has 0 aliphatic carbocycles. The molecular formula is C12H11N5O2. The Morgan fingerprint density at radius 3 is 2.26 bits per heavy atom. The normalized spacial score (nSPS) is 10.7. The molecule has 0 heterocycles. The molecular weight excluding hydrogens is 246 g/mol. The Morgan fingerprint density at radius 2 is 1.68 bits per heavy atom. The lowest BCUT2D eigenvalue weighted by Gasteiger charge is -1.99. The smallest absolute Gasteiger partial charge is 0.269 e. The lowest BCUT2D eigenvalue weighted by atomic mass is 10.2. The van der Waals surface area contributed by atoms with E-state index in [1.807, 2.05) is 0 Å². The maximum atomic E-state index is 10.5. The SMILES string of the molecule is Nc1ccc(/N=N/c2ccc([N+](=O)[O-])cc2)c(N)c1. The van der Waals surface area contributed by atoms with Crippen molar-refractivity contribution < 1.29 is 4.92 Å². The van der Waals surface area contributed by atoms with Crippen LogP contribution in [0.15, 0.2) is 52.7 Å². The number of hydrogen-bond donors (Lipinski definition) is 2. The molecule has 0 bridgehead atoms. The van der Waals surface area contributed by atoms with Crippen molar-refractivity contribution in [1.82, 2.24) is 0 Å². The highest BCUT2D eigenvalue weighted by molar-refractivity contribution is 5.67. The fourth-order valence-corrected chi connectivity index (χ4v) is 1.42. The van der Waals surface area contributed by atoms with E-state index in [1.54, 1.807) is 18.2 Å². The molecule has 0 fully saturated rings. The van der Waals surface area contributed by atoms with E-state index in [0.717, 1.165) is 0 Å². The Morgan fingerprint density at radius 1 is 1.00 bits per heavy atom. The average Bonchev–Trinajstić information content (AvgIpc) is 2.38. The van der Waals surface area contributed by atoms with E-state index >= 15 is 0 Å². The first-order valence-electron chi connectivity index (χ1n) is 5.37. The van der Waals surface area contributed by atoms with Gasteiger partial charge in [0, 0.05) is 17.8 Å². The predicted octanol–water partition coefficient (Wildman–Crippen LogP) is 3.17. The summed E-state index contributed by atoms with van der Waals surface area (Å²) in [6, 6.07) is 10.6. The van der Waals surface area contributed by atoms with Gasteiger partial charge in [0.05, 0.1) is 16.3 Å². The molecule has 0 atom stereocenters. The quantitative estimate of drug-likeness (QED) is 0.379. The van der Waals surface area contributed by atoms with E-state index in [-0.39, 0.29) is 5.69 Å². The number of nitrogens with zero attached hydrogens (tertiary/aromatic N) is 3. The molecule has 0 saturated carbocycles. The zero-order valence-corrected chi connectivity index (χ0v) is 9.85. The molecule has 2 aromatic carbocycles. The van der Waals surface area contributed by atoms with Crippen molar-refractivity contribution in [2.24, 2.45) is 10.2 Å². The van der Waals surface area contributed by atoms with Crippen molar-refractivity contribution >= 4 is 28.4 Å². The Bertz CT molecular complexity index is 637. The second-order valence-corrected chi connectivity index (χ2v) is 3.79. The fraction of sp³-hybridized carbons (Fsp3) is 0. The monoisotopic (exact) mass is 257 g/mol. The number of hydrogen-bond acceptors (Lipinski definition) is 6. The third kappa shape index (κ3) is 3.03. The molecule has 0 aliphatic heterocycles. The van der Waals surface area contributed by atoms with Crippen LogP contribution in [0, 0.1) is 10.1 Å². The number of benzene rings is 2. The van der Waals surface area contributed by atoms with Crippen molar-refractivity contribution in [3.8, 4) is 0 Å². The van der Waals surface area contributed by atoms with Crippen LogP contribution in [0.1, 0.15) is 0 Å². The topological polar surface area (TPSA) is 120 Å². The average molecular weight is 257 g/mol. The highest BCUT2D eigenvalue weighted by atomic mass is 16.6. The Labute approximate surface area is 108 Å². The van der Waals surface area contributed by atoms with E-state index < -0.39 is 4.92 Å². The van der Waals surface area contributed by atoms with Crippen molar-refractivity contribution in [2.45, 2.75) is 0 Å². The Kier molecular flexibility index (Phi) is 3.37. The number of rotatable bonds is 3. The molecule has 0 aliphatic rings. The van der Waals surface area contributed by atoms with Gasteiger partial charge >= 0.3 is 0 Å². The van der Waals surface area contributed by atoms with Gasteiger partial charge in [0.25, 0.3) is 5.69 Å². The summed E-state index contributed by atoms with van der Waals surface area (Å²) in [7, 11) is 0. The highest BCUT2D eigenvalue weighted by Crippen LogP contribution is 2.26. The molecule has 7 nitrogen and oxygen atoms in total. The van der Waals surface area contributed by atoms with Gasteiger partial charge < -0.3 is 11.5 Å². The minimum atomic E-state index is -0.473. The van der Waals surface area contributed by atoms with Crippen LogP contribution in [0.2, 0.25) is 0 Å². The second-order valence-electron chi connectivity index (χ2n) is 3.79. The van der Waals surface area contributed by atoms with Gasteiger partial charge in [0.15, 0.2) is 0 Å². The van der Waals surface area contributed by atoms with Gasteiger partial charge in [-0.05, 0) is 30.3 Å². The molecule has 0 aromatic heterocycles. The predicted molar refractivity (Wildman–Crippen MR) is 72.5 cm³/mol. The summed E-state index contributed by atoms with van der Waals surface area (Å²) in [4.78, 5) is 10.0. The number of anilines is 2. The van der Waals surface area contributed by atoms with E-state index in [4.69, 9.17) is 11.5 Å². The molecule has 2 aromatic rings. The summed E-state index contributed by atoms with van der Waals surface area (Å²) in [6.45, 7) is 0. The first kappa shape index (κ1) is 12.5. The minimum Gasteiger partial charge on any atom is -0.399 e. The molecule has 0 radical (unpaired) electrons. The zero-order valence-electron chi connectivity index (χ0n) is 9.85. The molecule has 2 rings (SSSR count). The zero-order chi connectivity index (χ0) is 13.8. The van der Waals surface area contributed by atoms with Gasteiger partial charge in [0.2, 0.25) is 0 Å². The summed E-state index contributed by atoms with van der Waals surface area (Å²) < 4.78 is 0. The third-order valence-electron chi connectivity index (χ3n) is 2.39. The third-order valence-corrected chi connectivity index (χ3v) is 2.39. The van der Waals surface area contributed by atoms with Gasteiger partial charge in [-0.2, -0.15) is 5.11 Å². The number of nitrogens with two attached hydrogens (primary N) is 2. The van der Waals surface area contributed by atoms with E-state index in [1.165, 1.54) is 24.3 Å². The van der Waals surface area contributed by atoms with Crippen LogP contribution in [0.3, 0.4) is 0 Å². The van der Waals surface area contributed by atoms with Crippen LogP contribution in [0.25, 0.3) is 0 Å². The van der Waals surface area contributed by atoms with Gasteiger partial charge in [-0.3, -0.25) is 10.1 Å². The van der Waals surface area contributed by atoms with E-state index in [9.17, 15) is 10.1 Å². The van der Waals surface area contributed by atoms with Crippen LogP contribution in [0.5, 0.6) is 0 Å². The number of non-ortho nitro benzene ring substituents is 1. The van der Waals surface area contributed by atoms with Crippen LogP contribution in [-0.2, 0) is 0 Å². The lowest BCUT2D eigenvalue weighted by molar-refractivity contribution is -0.384. The summed E-state index contributed by atoms with van der Waals surface area (Å²) in [5.41, 5.74) is 13.3. The minimum absolute atomic E-state index is 0.00551. The standard InChI is InChI=1S/C12H11N5O2/c13-8-1-6-12(11(14)7-8)16-15-9-2-4-10(5-3-9)17(18)19/h1-7H,13-14H2/b16-15+. The van der Waals surface area contributed by atoms with Crippen molar-refractivity contribution in [1.29, 1.82) is 0 Å². The molecule has 7 heteroatoms. The number of nitrogen functional groups attached to an aromatic ring is 2. The Balaban J connectivity index is 2.20. The van der Waals surface area contributed by atoms with Crippen molar-refractivity contribution in [3.05, 3.63) is 52.6 Å². The van der Waals surface area contributed by atoms with Crippen LogP contribution in [0.4, 0.5) is 28.4 Å². The molecule has 4 N–H and O–H groups in total. The summed E-state index contributed by atoms with van der Waals surface area (Å²) in [5.74, 6) is 0. The van der Waals surface area contributed by atoms with Crippen molar-refractivity contribution in [3.63, 3.8) is 0 Å². The van der Waals surface area contributed by atoms with Crippen LogP contribution in [-0.4, -0.2) is 4.92 Å². The first-order valence-corrected chi connectivity index (χ1v) is 5.37. The number of nitro benzene ring substituents is 1. The van der Waals surface area contributed by atoms with Gasteiger partial charge in [-0.15, -0.1) is 5.11 Å². The largest absolute Gasteiger partial charge is 0.399 e. The first-order chi connectivity index (χ1) is 9.06. The van der Waals surface area contributed by atoms with Gasteiger partial charge in [-0.1, -0.05) is 0 Å². The van der Waals surface area contributed by atoms with Crippen LogP contribution >= 0.6 is 0 Å². The Hall–Kier alpha value is -2.96. The number of azo groups is 1. The summed E-state index contributed by atoms with van der Waals surface area (Å²) in [5, 5.41) is 18.4. The number of nitro groups is 1. The van der Waals surface area contributed by atoms with E-state index in [0.29, 0.717) is 22.7 Å². The summed E-state index contributed by atoms with van der Waals surface area (Å²) in [6.07, 6.45) is 0. The molecule has 0 unspecified atom stereocenters. The molecule has 0 amide bonds. The fourth-order valence-electron chi connectivity index (χ4n) is 1.42. The van der Waals surface area contributed by atoms with Gasteiger partial charge in [-0.25, -0.2) is 0 Å². The lowest BCUT2D eigenvalue weighted by Crippen LogP contribution is -1.89. The van der Waals surface area contributed by atoms with E-state index in [2.05, 4.69) is 10.2 Å². The van der Waals surface area contributed by atoms with Crippen LogP contribution < -0.4 is 11.5 Å². The molecule has 19 heavy (non-hydrogen) atoms. The second kappa shape index (κ2) is 5.13. The highest BCUT2D eigenvalue weighted by Gasteiger charge is 2.03. The molecule has 96 valence electrons. The molecule has 0 saturated heterocycles. The maximum absolute atomic E-state index is 10.5. The maximum Gasteiger partial charge on any atom is 0.269 e.